The van der Waals surface area contributed by atoms with Gasteiger partial charge in [-0.05, 0) is 12.8 Å². The summed E-state index contributed by atoms with van der Waals surface area (Å²) in [6, 6.07) is 0. The van der Waals surface area contributed by atoms with Crippen LogP contribution in [-0.4, -0.2) is 54.7 Å². The number of rotatable bonds is 33. The molecule has 0 saturated carbocycles. The van der Waals surface area contributed by atoms with Gasteiger partial charge in [0, 0.05) is 0 Å². The van der Waals surface area contributed by atoms with Gasteiger partial charge in [-0.2, -0.15) is 0 Å². The van der Waals surface area contributed by atoms with Gasteiger partial charge in [0.05, 0.1) is 26.1 Å². The third kappa shape index (κ3) is 37.9. The molecule has 0 N–H and O–H groups in total. The fraction of sp³-hybridized carbons (Fsp3) is 0.944. The van der Waals surface area contributed by atoms with Gasteiger partial charge in [0.1, 0.15) is 0 Å². The molecule has 5 heteroatoms. The number of unbranched alkanes of at least 4 members (excludes halogenated alkanes) is 26. The minimum atomic E-state index is -0.275. The van der Waals surface area contributed by atoms with Crippen molar-refractivity contribution in [2.45, 2.75) is 206 Å². The molecule has 0 spiro atoms. The van der Waals surface area contributed by atoms with E-state index in [4.69, 9.17) is 9.47 Å². The predicted octanol–water partition coefficient (Wildman–Crippen LogP) is 11.2. The molecule has 0 bridgehead atoms. The Hall–Kier alpha value is -0.0600. The van der Waals surface area contributed by atoms with E-state index >= 15 is 0 Å². The minimum absolute atomic E-state index is 0. The zero-order valence-corrected chi connectivity index (χ0v) is 27.3. The molecule has 0 amide bonds. The number of hydrogen-bond acceptors (Lipinski definition) is 4. The molecule has 240 valence electrons. The zero-order chi connectivity index (χ0) is 29.2. The van der Waals surface area contributed by atoms with E-state index in [1.807, 2.05) is 0 Å². The predicted molar refractivity (Wildman–Crippen MR) is 179 cm³/mol. The van der Waals surface area contributed by atoms with Crippen LogP contribution in [0.2, 0.25) is 0 Å². The van der Waals surface area contributed by atoms with Crippen LogP contribution in [0, 0.1) is 0 Å². The van der Waals surface area contributed by atoms with Gasteiger partial charge in [-0.1, -0.05) is 181 Å². The van der Waals surface area contributed by atoms with Gasteiger partial charge in [0.25, 0.3) is 0 Å². The Labute approximate surface area is 278 Å². The van der Waals surface area contributed by atoms with Crippen LogP contribution in [0.3, 0.4) is 0 Å². The molecule has 4 nitrogen and oxygen atoms in total. The summed E-state index contributed by atoms with van der Waals surface area (Å²) >= 11 is 0. The summed E-state index contributed by atoms with van der Waals surface area (Å²) in [5.41, 5.74) is 0. The molecule has 0 aromatic carbocycles. The van der Waals surface area contributed by atoms with Crippen LogP contribution in [0.15, 0.2) is 0 Å². The van der Waals surface area contributed by atoms with Gasteiger partial charge < -0.3 is 9.47 Å². The van der Waals surface area contributed by atoms with Crippen LogP contribution in [0.5, 0.6) is 0 Å². The van der Waals surface area contributed by atoms with Crippen molar-refractivity contribution in [2.75, 3.05) is 13.2 Å². The molecule has 0 aromatic rings. The third-order valence-electron chi connectivity index (χ3n) is 8.06. The van der Waals surface area contributed by atoms with E-state index in [0.717, 1.165) is 25.7 Å². The molecule has 0 heterocycles. The number of ether oxygens (including phenoxy) is 2. The van der Waals surface area contributed by atoms with Gasteiger partial charge in [-0.15, -0.1) is 0 Å². The molecule has 0 aliphatic rings. The summed E-state index contributed by atoms with van der Waals surface area (Å²) in [5, 5.41) is 0. The summed E-state index contributed by atoms with van der Waals surface area (Å²) in [6.45, 7) is 5.50. The number of esters is 2. The maximum absolute atomic E-state index is 11.9. The second-order valence-electron chi connectivity index (χ2n) is 12.1. The molecule has 0 atom stereocenters. The SMILES string of the molecule is CCCCCCCCCCCCCCCCOC(=O)CCC(=O)OCCCCCCCCCCCCCCCC.[NaH]. The van der Waals surface area contributed by atoms with E-state index in [2.05, 4.69) is 13.8 Å². The van der Waals surface area contributed by atoms with E-state index in [0.29, 0.717) is 13.2 Å². The molecule has 0 radical (unpaired) electrons. The Morgan fingerprint density at radius 2 is 0.537 bits per heavy atom. The number of carbonyl (C=O) groups is 2. The van der Waals surface area contributed by atoms with E-state index in [1.54, 1.807) is 0 Å². The van der Waals surface area contributed by atoms with E-state index < -0.39 is 0 Å². The summed E-state index contributed by atoms with van der Waals surface area (Å²) in [6.07, 6.45) is 37.1. The molecular weight excluding hydrogens is 519 g/mol. The monoisotopic (exact) mass is 591 g/mol. The normalized spacial score (nSPS) is 10.9. The van der Waals surface area contributed by atoms with Crippen molar-refractivity contribution >= 4 is 41.5 Å². The fourth-order valence-electron chi connectivity index (χ4n) is 5.31. The number of hydrogen-bond donors (Lipinski definition) is 0. The Morgan fingerprint density at radius 3 is 0.756 bits per heavy atom. The fourth-order valence-corrected chi connectivity index (χ4v) is 5.31. The average molecular weight is 591 g/mol. The first kappa shape index (κ1) is 43.1. The second kappa shape index (κ2) is 38.0. The summed E-state index contributed by atoms with van der Waals surface area (Å²) < 4.78 is 10.6. The van der Waals surface area contributed by atoms with Crippen LogP contribution in [0.4, 0.5) is 0 Å². The van der Waals surface area contributed by atoms with Crippen molar-refractivity contribution in [3.8, 4) is 0 Å². The molecule has 0 aromatic heterocycles. The van der Waals surface area contributed by atoms with Gasteiger partial charge in [-0.25, -0.2) is 0 Å². The molecule has 0 saturated heterocycles. The Kier molecular flexibility index (Phi) is 39.9. The summed E-state index contributed by atoms with van der Waals surface area (Å²) in [7, 11) is 0. The average Bonchev–Trinajstić information content (AvgIpc) is 2.96. The Bertz CT molecular complexity index is 480. The Morgan fingerprint density at radius 1 is 0.341 bits per heavy atom. The van der Waals surface area contributed by atoms with Crippen molar-refractivity contribution in [3.05, 3.63) is 0 Å². The van der Waals surface area contributed by atoms with Crippen LogP contribution >= 0.6 is 0 Å². The quantitative estimate of drug-likeness (QED) is 0.0433. The van der Waals surface area contributed by atoms with Crippen molar-refractivity contribution in [1.82, 2.24) is 0 Å². The summed E-state index contributed by atoms with van der Waals surface area (Å²) in [4.78, 5) is 23.7. The van der Waals surface area contributed by atoms with Crippen molar-refractivity contribution in [1.29, 1.82) is 0 Å². The summed E-state index contributed by atoms with van der Waals surface area (Å²) in [5.74, 6) is -0.550. The molecule has 0 unspecified atom stereocenters. The molecule has 0 fully saturated rings. The van der Waals surface area contributed by atoms with Gasteiger partial charge >= 0.3 is 41.5 Å². The molecule has 0 aliphatic heterocycles. The van der Waals surface area contributed by atoms with Crippen molar-refractivity contribution in [3.63, 3.8) is 0 Å². The first-order valence-electron chi connectivity index (χ1n) is 18.0. The van der Waals surface area contributed by atoms with Gasteiger partial charge in [-0.3, -0.25) is 9.59 Å². The first-order valence-corrected chi connectivity index (χ1v) is 18.0. The molecule has 0 rings (SSSR count). The first-order chi connectivity index (χ1) is 19.7. The second-order valence-corrected chi connectivity index (χ2v) is 12.1. The van der Waals surface area contributed by atoms with Crippen molar-refractivity contribution < 1.29 is 19.1 Å². The Balaban J connectivity index is 0. The topological polar surface area (TPSA) is 52.6 Å². The van der Waals surface area contributed by atoms with Gasteiger partial charge in [0.15, 0.2) is 0 Å². The third-order valence-corrected chi connectivity index (χ3v) is 8.06. The van der Waals surface area contributed by atoms with Crippen LogP contribution in [-0.2, 0) is 19.1 Å². The van der Waals surface area contributed by atoms with Crippen molar-refractivity contribution in [2.24, 2.45) is 0 Å². The van der Waals surface area contributed by atoms with E-state index in [9.17, 15) is 9.59 Å². The molecular formula is C36H71NaO4. The van der Waals surface area contributed by atoms with Crippen LogP contribution in [0.25, 0.3) is 0 Å². The van der Waals surface area contributed by atoms with Gasteiger partial charge in [0.2, 0.25) is 0 Å². The molecule has 41 heavy (non-hydrogen) atoms. The number of carbonyl (C=O) groups excluding carboxylic acids is 2. The van der Waals surface area contributed by atoms with E-state index in [-0.39, 0.29) is 54.3 Å². The van der Waals surface area contributed by atoms with Crippen LogP contribution < -0.4 is 0 Å². The maximum atomic E-state index is 11.9. The van der Waals surface area contributed by atoms with E-state index in [1.165, 1.54) is 154 Å². The standard InChI is InChI=1S/C36H70O4.Na.H/c1-3-5-7-9-11-13-15-17-19-21-23-25-27-29-33-39-35(37)31-32-36(38)40-34-30-28-26-24-22-20-18-16-14-12-10-8-6-4-2;;/h3-34H2,1-2H3;;. The van der Waals surface area contributed by atoms with Crippen LogP contribution in [0.1, 0.15) is 206 Å². The zero-order valence-electron chi connectivity index (χ0n) is 27.3. The molecule has 0 aliphatic carbocycles.